The summed E-state index contributed by atoms with van der Waals surface area (Å²) in [6.07, 6.45) is -0.598. The van der Waals surface area contributed by atoms with Gasteiger partial charge in [-0.05, 0) is 58.7 Å². The van der Waals surface area contributed by atoms with Crippen LogP contribution >= 0.6 is 0 Å². The molecule has 0 radical (unpaired) electrons. The van der Waals surface area contributed by atoms with Crippen LogP contribution in [-0.2, 0) is 0 Å². The van der Waals surface area contributed by atoms with Crippen LogP contribution in [0.4, 0.5) is 13.2 Å². The van der Waals surface area contributed by atoms with Gasteiger partial charge in [0.15, 0.2) is 5.96 Å². The Morgan fingerprint density at radius 1 is 1.07 bits per heavy atom. The minimum atomic E-state index is -4.16. The van der Waals surface area contributed by atoms with Crippen LogP contribution in [0.5, 0.6) is 0 Å². The number of hydrogen-bond donors (Lipinski definition) is 1. The highest BCUT2D eigenvalue weighted by Gasteiger charge is 2.41. The average Bonchev–Trinajstić information content (AvgIpc) is 2.65. The Kier molecular flexibility index (Phi) is 8.66. The number of nitrogens with zero attached hydrogens (tertiary/aromatic N) is 4. The van der Waals surface area contributed by atoms with Gasteiger partial charge in [-0.15, -0.1) is 0 Å². The van der Waals surface area contributed by atoms with Crippen molar-refractivity contribution in [1.82, 2.24) is 20.0 Å². The lowest BCUT2D eigenvalue weighted by molar-refractivity contribution is -0.181. The number of piperidine rings is 1. The quantitative estimate of drug-likeness (QED) is 0.558. The van der Waals surface area contributed by atoms with Gasteiger partial charge >= 0.3 is 6.18 Å². The minimum absolute atomic E-state index is 0.417. The maximum Gasteiger partial charge on any atom is 0.403 e. The van der Waals surface area contributed by atoms with Crippen LogP contribution in [0.2, 0.25) is 0 Å². The summed E-state index contributed by atoms with van der Waals surface area (Å²) in [7, 11) is 0. The van der Waals surface area contributed by atoms with Gasteiger partial charge in [-0.25, -0.2) is 0 Å². The van der Waals surface area contributed by atoms with Crippen LogP contribution in [0.1, 0.15) is 40.0 Å². The molecule has 1 atom stereocenters. The summed E-state index contributed by atoms with van der Waals surface area (Å²) >= 11 is 0. The number of nitrogens with one attached hydrogen (secondary N) is 1. The Hall–Kier alpha value is -1.02. The average molecular weight is 392 g/mol. The molecule has 0 bridgehead atoms. The van der Waals surface area contributed by atoms with E-state index in [2.05, 4.69) is 22.0 Å². The maximum absolute atomic E-state index is 12.9. The molecule has 2 aliphatic rings. The van der Waals surface area contributed by atoms with Crippen LogP contribution in [0.15, 0.2) is 4.99 Å². The van der Waals surface area contributed by atoms with E-state index in [0.717, 1.165) is 32.1 Å². The SMILES string of the molecule is CCCN1CCC(CN=C(NCC)N2CCN(C(C)C(F)(F)F)CC2)CC1. The summed E-state index contributed by atoms with van der Waals surface area (Å²) in [4.78, 5) is 11.0. The van der Waals surface area contributed by atoms with Crippen molar-refractivity contribution in [3.63, 3.8) is 0 Å². The minimum Gasteiger partial charge on any atom is -0.357 e. The topological polar surface area (TPSA) is 34.1 Å². The van der Waals surface area contributed by atoms with Gasteiger partial charge in [0.2, 0.25) is 0 Å². The van der Waals surface area contributed by atoms with Gasteiger partial charge in [0.25, 0.3) is 0 Å². The third-order valence-corrected chi connectivity index (χ3v) is 5.72. The van der Waals surface area contributed by atoms with E-state index in [0.29, 0.717) is 32.1 Å². The summed E-state index contributed by atoms with van der Waals surface area (Å²) in [6, 6.07) is -1.38. The highest BCUT2D eigenvalue weighted by Crippen LogP contribution is 2.25. The Labute approximate surface area is 162 Å². The fourth-order valence-corrected chi connectivity index (χ4v) is 3.88. The Morgan fingerprint density at radius 3 is 2.22 bits per heavy atom. The molecular formula is C19H36F3N5. The second-order valence-electron chi connectivity index (χ2n) is 7.72. The first-order valence-corrected chi connectivity index (χ1v) is 10.4. The molecule has 8 heteroatoms. The van der Waals surface area contributed by atoms with E-state index in [9.17, 15) is 13.2 Å². The number of guanidine groups is 1. The van der Waals surface area contributed by atoms with E-state index in [4.69, 9.17) is 4.99 Å². The smallest absolute Gasteiger partial charge is 0.357 e. The number of halogens is 3. The Bertz CT molecular complexity index is 453. The van der Waals surface area contributed by atoms with Gasteiger partial charge in [0.05, 0.1) is 0 Å². The highest BCUT2D eigenvalue weighted by atomic mass is 19.4. The van der Waals surface area contributed by atoms with Crippen molar-refractivity contribution in [3.8, 4) is 0 Å². The van der Waals surface area contributed by atoms with E-state index < -0.39 is 12.2 Å². The van der Waals surface area contributed by atoms with Crippen molar-refractivity contribution in [2.45, 2.75) is 52.3 Å². The molecule has 0 aromatic heterocycles. The molecule has 2 aliphatic heterocycles. The van der Waals surface area contributed by atoms with Crippen molar-refractivity contribution in [3.05, 3.63) is 0 Å². The van der Waals surface area contributed by atoms with Crippen molar-refractivity contribution in [2.75, 3.05) is 58.9 Å². The van der Waals surface area contributed by atoms with Crippen LogP contribution in [0, 0.1) is 5.92 Å². The van der Waals surface area contributed by atoms with E-state index >= 15 is 0 Å². The molecule has 0 saturated carbocycles. The standard InChI is InChI=1S/C19H36F3N5/c1-4-8-25-9-6-17(7-10-25)15-24-18(23-5-2)27-13-11-26(12-14-27)16(3)19(20,21)22/h16-17H,4-15H2,1-3H3,(H,23,24). The highest BCUT2D eigenvalue weighted by molar-refractivity contribution is 5.80. The molecule has 2 fully saturated rings. The fourth-order valence-electron chi connectivity index (χ4n) is 3.88. The summed E-state index contributed by atoms with van der Waals surface area (Å²) in [6.45, 7) is 12.6. The van der Waals surface area contributed by atoms with Crippen molar-refractivity contribution < 1.29 is 13.2 Å². The van der Waals surface area contributed by atoms with Crippen LogP contribution in [-0.4, -0.2) is 91.8 Å². The molecule has 0 aromatic rings. The number of likely N-dealkylation sites (tertiary alicyclic amines) is 1. The van der Waals surface area contributed by atoms with E-state index in [1.165, 1.54) is 37.6 Å². The summed E-state index contributed by atoms with van der Waals surface area (Å²) < 4.78 is 38.8. The first-order chi connectivity index (χ1) is 12.8. The van der Waals surface area contributed by atoms with Gasteiger partial charge < -0.3 is 15.1 Å². The first kappa shape index (κ1) is 22.3. The molecule has 2 saturated heterocycles. The molecule has 1 unspecified atom stereocenters. The van der Waals surface area contributed by atoms with Crippen LogP contribution < -0.4 is 5.32 Å². The molecule has 0 aromatic carbocycles. The lowest BCUT2D eigenvalue weighted by atomic mass is 9.97. The predicted octanol–water partition coefficient (Wildman–Crippen LogP) is 2.64. The molecule has 2 heterocycles. The molecular weight excluding hydrogens is 355 g/mol. The molecule has 5 nitrogen and oxygen atoms in total. The van der Waals surface area contributed by atoms with Crippen LogP contribution in [0.3, 0.4) is 0 Å². The third-order valence-electron chi connectivity index (χ3n) is 5.72. The first-order valence-electron chi connectivity index (χ1n) is 10.4. The molecule has 158 valence electrons. The summed E-state index contributed by atoms with van der Waals surface area (Å²) in [5.74, 6) is 1.46. The zero-order valence-corrected chi connectivity index (χ0v) is 17.1. The van der Waals surface area contributed by atoms with Gasteiger partial charge in [-0.2, -0.15) is 13.2 Å². The van der Waals surface area contributed by atoms with Crippen LogP contribution in [0.25, 0.3) is 0 Å². The number of alkyl halides is 3. The number of hydrogen-bond acceptors (Lipinski definition) is 3. The van der Waals surface area contributed by atoms with Gasteiger partial charge in [0, 0.05) is 39.3 Å². The van der Waals surface area contributed by atoms with Gasteiger partial charge in [0.1, 0.15) is 6.04 Å². The fraction of sp³-hybridized carbons (Fsp3) is 0.947. The molecule has 2 rings (SSSR count). The molecule has 0 amide bonds. The molecule has 0 spiro atoms. The maximum atomic E-state index is 12.9. The monoisotopic (exact) mass is 391 g/mol. The normalized spacial score (nSPS) is 22.9. The van der Waals surface area contributed by atoms with E-state index in [1.54, 1.807) is 0 Å². The lowest BCUT2D eigenvalue weighted by Gasteiger charge is -2.40. The zero-order valence-electron chi connectivity index (χ0n) is 17.1. The second kappa shape index (κ2) is 10.5. The second-order valence-corrected chi connectivity index (χ2v) is 7.72. The Balaban J connectivity index is 1.84. The van der Waals surface area contributed by atoms with E-state index in [1.807, 2.05) is 6.92 Å². The van der Waals surface area contributed by atoms with Gasteiger partial charge in [-0.1, -0.05) is 6.92 Å². The lowest BCUT2D eigenvalue weighted by Crippen LogP contribution is -2.56. The third kappa shape index (κ3) is 6.82. The molecule has 0 aliphatic carbocycles. The molecule has 1 N–H and O–H groups in total. The van der Waals surface area contributed by atoms with Crippen molar-refractivity contribution in [2.24, 2.45) is 10.9 Å². The number of aliphatic imine (C=N–C) groups is 1. The van der Waals surface area contributed by atoms with Crippen molar-refractivity contribution >= 4 is 5.96 Å². The van der Waals surface area contributed by atoms with Crippen molar-refractivity contribution in [1.29, 1.82) is 0 Å². The number of piperazine rings is 1. The predicted molar refractivity (Wildman–Crippen MR) is 104 cm³/mol. The summed E-state index contributed by atoms with van der Waals surface area (Å²) in [5.41, 5.74) is 0. The summed E-state index contributed by atoms with van der Waals surface area (Å²) in [5, 5.41) is 3.32. The number of rotatable bonds is 6. The molecule has 27 heavy (non-hydrogen) atoms. The zero-order chi connectivity index (χ0) is 19.9. The Morgan fingerprint density at radius 2 is 1.70 bits per heavy atom. The van der Waals surface area contributed by atoms with E-state index in [-0.39, 0.29) is 0 Å². The largest absolute Gasteiger partial charge is 0.403 e. The van der Waals surface area contributed by atoms with Gasteiger partial charge in [-0.3, -0.25) is 9.89 Å².